The number of carbonyl (C=O) groups is 1. The normalized spacial score (nSPS) is 12.5. The number of aromatic nitrogens is 3. The largest absolute Gasteiger partial charge is 0.454 e. The smallest absolute Gasteiger partial charge is 0.244 e. The zero-order valence-electron chi connectivity index (χ0n) is 14.8. The number of hydrogen-bond acceptors (Lipinski definition) is 5. The highest BCUT2D eigenvalue weighted by Crippen LogP contribution is 2.32. The summed E-state index contributed by atoms with van der Waals surface area (Å²) in [5.41, 5.74) is 3.74. The predicted molar refractivity (Wildman–Crippen MR) is 99.9 cm³/mol. The number of amides is 1. The van der Waals surface area contributed by atoms with Crippen LogP contribution in [0, 0.1) is 0 Å². The molecule has 0 radical (unpaired) electrons. The van der Waals surface area contributed by atoms with E-state index in [0.717, 1.165) is 28.0 Å². The van der Waals surface area contributed by atoms with Gasteiger partial charge in [0.2, 0.25) is 12.7 Å². The molecule has 1 aromatic carbocycles. The van der Waals surface area contributed by atoms with E-state index in [1.165, 1.54) is 6.08 Å². The maximum Gasteiger partial charge on any atom is 0.244 e. The summed E-state index contributed by atoms with van der Waals surface area (Å²) in [5, 5.41) is 7.06. The van der Waals surface area contributed by atoms with Gasteiger partial charge in [0.1, 0.15) is 0 Å². The van der Waals surface area contributed by atoms with Crippen molar-refractivity contribution in [2.45, 2.75) is 6.54 Å². The Morgan fingerprint density at radius 1 is 1.26 bits per heavy atom. The molecule has 1 aliphatic heterocycles. The first-order chi connectivity index (χ1) is 13.2. The van der Waals surface area contributed by atoms with Crippen molar-refractivity contribution in [2.24, 2.45) is 7.05 Å². The third-order valence-electron chi connectivity index (χ3n) is 4.19. The summed E-state index contributed by atoms with van der Waals surface area (Å²) in [5.74, 6) is 1.24. The molecular formula is C20H18N4O3. The Labute approximate surface area is 156 Å². The Bertz CT molecular complexity index is 1010. The average Bonchev–Trinajstić information content (AvgIpc) is 3.33. The number of aryl methyl sites for hydroxylation is 1. The molecule has 136 valence electrons. The lowest BCUT2D eigenvalue weighted by Gasteiger charge is -2.05. The van der Waals surface area contributed by atoms with Gasteiger partial charge in [-0.25, -0.2) is 0 Å². The van der Waals surface area contributed by atoms with Crippen LogP contribution < -0.4 is 14.8 Å². The lowest BCUT2D eigenvalue weighted by Crippen LogP contribution is -2.20. The third-order valence-corrected chi connectivity index (χ3v) is 4.19. The first-order valence-electron chi connectivity index (χ1n) is 8.46. The number of fused-ring (bicyclic) bond motifs is 1. The second kappa shape index (κ2) is 7.33. The van der Waals surface area contributed by atoms with E-state index in [2.05, 4.69) is 15.4 Å². The SMILES string of the molecule is Cn1cc(-c2ccncc2/C=C/C(=O)NCc2ccc3c(c2)OCO3)cn1. The van der Waals surface area contributed by atoms with E-state index in [-0.39, 0.29) is 12.7 Å². The highest BCUT2D eigenvalue weighted by atomic mass is 16.7. The number of benzene rings is 1. The third kappa shape index (κ3) is 3.82. The van der Waals surface area contributed by atoms with Crippen LogP contribution >= 0.6 is 0 Å². The Balaban J connectivity index is 1.42. The maximum atomic E-state index is 12.2. The summed E-state index contributed by atoms with van der Waals surface area (Å²) in [6, 6.07) is 7.52. The van der Waals surface area contributed by atoms with Crippen LogP contribution in [0.15, 0.2) is 55.1 Å². The van der Waals surface area contributed by atoms with Crippen LogP contribution in [0.4, 0.5) is 0 Å². The van der Waals surface area contributed by atoms with E-state index in [4.69, 9.17) is 9.47 Å². The Morgan fingerprint density at radius 3 is 3.00 bits per heavy atom. The van der Waals surface area contributed by atoms with E-state index in [1.807, 2.05) is 37.5 Å². The molecule has 4 rings (SSSR count). The molecular weight excluding hydrogens is 344 g/mol. The van der Waals surface area contributed by atoms with Crippen LogP contribution in [-0.2, 0) is 18.4 Å². The zero-order valence-corrected chi connectivity index (χ0v) is 14.8. The van der Waals surface area contributed by atoms with Crippen LogP contribution in [0.3, 0.4) is 0 Å². The highest BCUT2D eigenvalue weighted by Gasteiger charge is 2.13. The lowest BCUT2D eigenvalue weighted by molar-refractivity contribution is -0.116. The minimum atomic E-state index is -0.186. The number of hydrogen-bond donors (Lipinski definition) is 1. The van der Waals surface area contributed by atoms with E-state index in [9.17, 15) is 4.79 Å². The topological polar surface area (TPSA) is 78.3 Å². The van der Waals surface area contributed by atoms with Crippen molar-refractivity contribution >= 4 is 12.0 Å². The second-order valence-corrected chi connectivity index (χ2v) is 6.10. The van der Waals surface area contributed by atoms with Gasteiger partial charge in [0.25, 0.3) is 0 Å². The Morgan fingerprint density at radius 2 is 2.15 bits per heavy atom. The summed E-state index contributed by atoms with van der Waals surface area (Å²) in [4.78, 5) is 16.3. The fourth-order valence-electron chi connectivity index (χ4n) is 2.83. The van der Waals surface area contributed by atoms with Crippen LogP contribution in [0.1, 0.15) is 11.1 Å². The standard InChI is InChI=1S/C20H18N4O3/c1-24-12-16(11-23-24)17-6-7-21-10-15(17)3-5-20(25)22-9-14-2-4-18-19(8-14)27-13-26-18/h2-8,10-12H,9,13H2,1H3,(H,22,25)/b5-3+. The number of ether oxygens (including phenoxy) is 2. The molecule has 0 saturated heterocycles. The molecule has 3 heterocycles. The summed E-state index contributed by atoms with van der Waals surface area (Å²) in [7, 11) is 1.86. The zero-order chi connectivity index (χ0) is 18.6. The molecule has 27 heavy (non-hydrogen) atoms. The summed E-state index contributed by atoms with van der Waals surface area (Å²) >= 11 is 0. The molecule has 0 atom stereocenters. The van der Waals surface area contributed by atoms with Crippen molar-refractivity contribution in [1.29, 1.82) is 0 Å². The molecule has 2 aromatic heterocycles. The van der Waals surface area contributed by atoms with Gasteiger partial charge in [-0.3, -0.25) is 14.5 Å². The van der Waals surface area contributed by atoms with Crippen molar-refractivity contribution < 1.29 is 14.3 Å². The van der Waals surface area contributed by atoms with Crippen molar-refractivity contribution in [3.63, 3.8) is 0 Å². The molecule has 7 nitrogen and oxygen atoms in total. The van der Waals surface area contributed by atoms with Crippen LogP contribution in [0.2, 0.25) is 0 Å². The number of nitrogens with one attached hydrogen (secondary N) is 1. The molecule has 0 fully saturated rings. The maximum absolute atomic E-state index is 12.2. The number of nitrogens with zero attached hydrogens (tertiary/aromatic N) is 3. The van der Waals surface area contributed by atoms with E-state index < -0.39 is 0 Å². The lowest BCUT2D eigenvalue weighted by atomic mass is 10.0. The van der Waals surface area contributed by atoms with Crippen LogP contribution in [0.25, 0.3) is 17.2 Å². The minimum absolute atomic E-state index is 0.186. The Kier molecular flexibility index (Phi) is 4.57. The van der Waals surface area contributed by atoms with Crippen molar-refractivity contribution in [2.75, 3.05) is 6.79 Å². The minimum Gasteiger partial charge on any atom is -0.454 e. The first kappa shape index (κ1) is 16.8. The summed E-state index contributed by atoms with van der Waals surface area (Å²) in [6.07, 6.45) is 10.4. The molecule has 0 unspecified atom stereocenters. The first-order valence-corrected chi connectivity index (χ1v) is 8.46. The van der Waals surface area contributed by atoms with E-state index in [1.54, 1.807) is 29.3 Å². The van der Waals surface area contributed by atoms with Gasteiger partial charge >= 0.3 is 0 Å². The van der Waals surface area contributed by atoms with Gasteiger partial charge in [0.05, 0.1) is 6.20 Å². The van der Waals surface area contributed by atoms with Crippen LogP contribution in [-0.4, -0.2) is 27.5 Å². The fourth-order valence-corrected chi connectivity index (χ4v) is 2.83. The van der Waals surface area contributed by atoms with E-state index in [0.29, 0.717) is 12.3 Å². The quantitative estimate of drug-likeness (QED) is 0.706. The molecule has 0 aliphatic carbocycles. The van der Waals surface area contributed by atoms with Gasteiger partial charge in [-0.2, -0.15) is 5.10 Å². The summed E-state index contributed by atoms with van der Waals surface area (Å²) < 4.78 is 12.4. The monoisotopic (exact) mass is 362 g/mol. The average molecular weight is 362 g/mol. The molecule has 1 amide bonds. The van der Waals surface area contributed by atoms with Gasteiger partial charge < -0.3 is 14.8 Å². The molecule has 1 N–H and O–H groups in total. The molecule has 0 bridgehead atoms. The molecule has 0 saturated carbocycles. The van der Waals surface area contributed by atoms with Crippen LogP contribution in [0.5, 0.6) is 11.5 Å². The van der Waals surface area contributed by atoms with Gasteiger partial charge in [0, 0.05) is 49.4 Å². The number of pyridine rings is 1. The summed E-state index contributed by atoms with van der Waals surface area (Å²) in [6.45, 7) is 0.639. The van der Waals surface area contributed by atoms with Crippen molar-refractivity contribution in [3.05, 3.63) is 66.3 Å². The molecule has 1 aliphatic rings. The predicted octanol–water partition coefficient (Wildman–Crippen LogP) is 2.54. The van der Waals surface area contributed by atoms with Crippen molar-refractivity contribution in [1.82, 2.24) is 20.1 Å². The van der Waals surface area contributed by atoms with Gasteiger partial charge in [-0.15, -0.1) is 0 Å². The van der Waals surface area contributed by atoms with Gasteiger partial charge in [0.15, 0.2) is 11.5 Å². The number of carbonyl (C=O) groups excluding carboxylic acids is 1. The second-order valence-electron chi connectivity index (χ2n) is 6.10. The molecule has 0 spiro atoms. The van der Waals surface area contributed by atoms with Crippen molar-refractivity contribution in [3.8, 4) is 22.6 Å². The van der Waals surface area contributed by atoms with E-state index >= 15 is 0 Å². The fraction of sp³-hybridized carbons (Fsp3) is 0.150. The highest BCUT2D eigenvalue weighted by molar-refractivity contribution is 5.92. The van der Waals surface area contributed by atoms with Gasteiger partial charge in [-0.05, 0) is 35.4 Å². The molecule has 7 heteroatoms. The molecule has 3 aromatic rings. The Hall–Kier alpha value is -3.61. The number of rotatable bonds is 5. The van der Waals surface area contributed by atoms with Gasteiger partial charge in [-0.1, -0.05) is 6.07 Å².